The molecule has 7 nitrogen and oxygen atoms in total. The van der Waals surface area contributed by atoms with E-state index >= 15 is 0 Å². The summed E-state index contributed by atoms with van der Waals surface area (Å²) in [5.74, 6) is -1.18. The molecule has 25 heavy (non-hydrogen) atoms. The van der Waals surface area contributed by atoms with Gasteiger partial charge in [0, 0.05) is 18.2 Å². The number of Topliss-reactive ketones (excluding diaryl/α,β-unsaturated/α-hetero) is 1. The maximum atomic E-state index is 12.8. The molecule has 0 radical (unpaired) electrons. The molecule has 0 atom stereocenters. The number of halogens is 1. The quantitative estimate of drug-likeness (QED) is 0.460. The fraction of sp³-hybridized carbons (Fsp3) is 0.0625. The smallest absolute Gasteiger partial charge is 0.285 e. The Labute approximate surface area is 144 Å². The first-order valence-electron chi connectivity index (χ1n) is 7.05. The van der Waals surface area contributed by atoms with Crippen LogP contribution >= 0.6 is 0 Å². The minimum absolute atomic E-state index is 0.0275. The Morgan fingerprint density at radius 1 is 1.04 bits per heavy atom. The van der Waals surface area contributed by atoms with Crippen molar-refractivity contribution in [2.24, 2.45) is 20.9 Å². The number of nitrogens with two attached hydrogens (primary N) is 2. The van der Waals surface area contributed by atoms with Crippen LogP contribution in [0.1, 0.15) is 16.8 Å². The van der Waals surface area contributed by atoms with Gasteiger partial charge in [0.1, 0.15) is 5.82 Å². The van der Waals surface area contributed by atoms with E-state index in [-0.39, 0.29) is 17.1 Å². The number of rotatable bonds is 6. The number of ketones is 1. The Kier molecular flexibility index (Phi) is 5.60. The predicted octanol–water partition coefficient (Wildman–Crippen LogP) is 1.76. The second kappa shape index (κ2) is 7.67. The highest BCUT2D eigenvalue weighted by Crippen LogP contribution is 2.18. The molecular weight excluding hydrogens is 347 g/mol. The molecule has 9 heteroatoms. The number of carbonyl (C=O) groups excluding carboxylic acids is 1. The molecule has 0 saturated heterocycles. The standard InChI is InChI=1S/C16H15FN4O3S/c17-12-3-1-11(2-4-12)15(22)9-10-20-13-5-7-14(8-6-13)25(23,24)21-16(18)19/h1-8,10H,9H2,(H4,18,19,21). The van der Waals surface area contributed by atoms with Gasteiger partial charge >= 0.3 is 0 Å². The van der Waals surface area contributed by atoms with Gasteiger partial charge in [0.2, 0.25) is 5.96 Å². The van der Waals surface area contributed by atoms with Gasteiger partial charge in [-0.05, 0) is 48.5 Å². The molecule has 0 unspecified atom stereocenters. The molecule has 0 aliphatic rings. The predicted molar refractivity (Wildman–Crippen MR) is 92.9 cm³/mol. The van der Waals surface area contributed by atoms with Crippen molar-refractivity contribution in [2.75, 3.05) is 0 Å². The molecule has 2 aromatic rings. The van der Waals surface area contributed by atoms with Crippen molar-refractivity contribution in [2.45, 2.75) is 11.3 Å². The monoisotopic (exact) mass is 362 g/mol. The number of nitrogens with zero attached hydrogens (tertiary/aromatic N) is 2. The molecular formula is C16H15FN4O3S. The molecule has 130 valence electrons. The zero-order valence-corrected chi connectivity index (χ0v) is 13.8. The van der Waals surface area contributed by atoms with E-state index in [2.05, 4.69) is 9.39 Å². The summed E-state index contributed by atoms with van der Waals surface area (Å²) < 4.78 is 39.5. The van der Waals surface area contributed by atoms with Gasteiger partial charge in [-0.15, -0.1) is 4.40 Å². The Morgan fingerprint density at radius 2 is 1.64 bits per heavy atom. The van der Waals surface area contributed by atoms with Gasteiger partial charge in [0.15, 0.2) is 5.78 Å². The van der Waals surface area contributed by atoms with Crippen LogP contribution in [-0.2, 0) is 10.0 Å². The number of sulfonamides is 1. The van der Waals surface area contributed by atoms with Gasteiger partial charge < -0.3 is 11.5 Å². The highest BCUT2D eigenvalue weighted by atomic mass is 32.2. The summed E-state index contributed by atoms with van der Waals surface area (Å²) in [5, 5.41) is 0. The molecule has 0 aromatic heterocycles. The zero-order valence-electron chi connectivity index (χ0n) is 13.0. The Morgan fingerprint density at radius 3 is 2.20 bits per heavy atom. The van der Waals surface area contributed by atoms with Crippen LogP contribution in [-0.4, -0.2) is 26.4 Å². The first-order chi connectivity index (χ1) is 11.8. The topological polar surface area (TPSA) is 128 Å². The highest BCUT2D eigenvalue weighted by Gasteiger charge is 2.12. The average Bonchev–Trinajstić information content (AvgIpc) is 2.54. The molecule has 4 N–H and O–H groups in total. The summed E-state index contributed by atoms with van der Waals surface area (Å²) in [4.78, 5) is 15.9. The van der Waals surface area contributed by atoms with Crippen LogP contribution in [0, 0.1) is 5.82 Å². The molecule has 0 heterocycles. The van der Waals surface area contributed by atoms with Crippen LogP contribution in [0.4, 0.5) is 10.1 Å². The molecule has 0 bridgehead atoms. The number of hydrogen-bond donors (Lipinski definition) is 2. The maximum Gasteiger partial charge on any atom is 0.285 e. The minimum Gasteiger partial charge on any atom is -0.369 e. The largest absolute Gasteiger partial charge is 0.369 e. The summed E-state index contributed by atoms with van der Waals surface area (Å²) in [7, 11) is -3.95. The first kappa shape index (κ1) is 18.3. The summed E-state index contributed by atoms with van der Waals surface area (Å²) in [6.07, 6.45) is 1.42. The van der Waals surface area contributed by atoms with Gasteiger partial charge in [-0.2, -0.15) is 8.42 Å². The molecule has 0 aliphatic heterocycles. The van der Waals surface area contributed by atoms with Crippen molar-refractivity contribution in [1.82, 2.24) is 0 Å². The van der Waals surface area contributed by atoms with E-state index in [0.717, 1.165) is 0 Å². The van der Waals surface area contributed by atoms with Crippen molar-refractivity contribution < 1.29 is 17.6 Å². The number of aliphatic imine (C=N–C) groups is 1. The third-order valence-electron chi connectivity index (χ3n) is 3.04. The molecule has 0 aliphatic carbocycles. The lowest BCUT2D eigenvalue weighted by Gasteiger charge is -2.00. The van der Waals surface area contributed by atoms with Gasteiger partial charge in [-0.1, -0.05) is 0 Å². The third kappa shape index (κ3) is 5.21. The SMILES string of the molecule is NC(N)=NS(=O)(=O)c1ccc(N=CCC(=O)c2ccc(F)cc2)cc1. The van der Waals surface area contributed by atoms with Crippen LogP contribution in [0.25, 0.3) is 0 Å². The number of carbonyl (C=O) groups is 1. The van der Waals surface area contributed by atoms with E-state index in [4.69, 9.17) is 11.5 Å². The van der Waals surface area contributed by atoms with Crippen LogP contribution < -0.4 is 11.5 Å². The molecule has 2 rings (SSSR count). The Balaban J connectivity index is 2.04. The lowest BCUT2D eigenvalue weighted by atomic mass is 10.1. The lowest BCUT2D eigenvalue weighted by Crippen LogP contribution is -2.24. The van der Waals surface area contributed by atoms with E-state index in [1.165, 1.54) is 54.7 Å². The Bertz CT molecular complexity index is 917. The lowest BCUT2D eigenvalue weighted by molar-refractivity contribution is 0.100. The first-order valence-corrected chi connectivity index (χ1v) is 8.49. The molecule has 2 aromatic carbocycles. The summed E-state index contributed by atoms with van der Waals surface area (Å²) in [6, 6.07) is 10.7. The third-order valence-corrected chi connectivity index (χ3v) is 4.36. The van der Waals surface area contributed by atoms with Crippen molar-refractivity contribution in [3.8, 4) is 0 Å². The molecule has 0 amide bonds. The van der Waals surface area contributed by atoms with Crippen LogP contribution in [0.5, 0.6) is 0 Å². The maximum absolute atomic E-state index is 12.8. The molecule has 0 spiro atoms. The summed E-state index contributed by atoms with van der Waals surface area (Å²) >= 11 is 0. The average molecular weight is 362 g/mol. The summed E-state index contributed by atoms with van der Waals surface area (Å²) in [5.41, 5.74) is 11.0. The van der Waals surface area contributed by atoms with E-state index in [1.54, 1.807) is 0 Å². The second-order valence-corrected chi connectivity index (χ2v) is 6.54. The second-order valence-electron chi connectivity index (χ2n) is 4.93. The van der Waals surface area contributed by atoms with Crippen LogP contribution in [0.3, 0.4) is 0 Å². The van der Waals surface area contributed by atoms with E-state index < -0.39 is 21.8 Å². The number of guanidine groups is 1. The van der Waals surface area contributed by atoms with Crippen molar-refractivity contribution in [3.05, 3.63) is 59.9 Å². The van der Waals surface area contributed by atoms with E-state index in [9.17, 15) is 17.6 Å². The normalized spacial score (nSPS) is 11.4. The summed E-state index contributed by atoms with van der Waals surface area (Å²) in [6.45, 7) is 0. The van der Waals surface area contributed by atoms with Crippen molar-refractivity contribution >= 4 is 33.7 Å². The molecule has 0 fully saturated rings. The van der Waals surface area contributed by atoms with Gasteiger partial charge in [0.25, 0.3) is 10.0 Å². The van der Waals surface area contributed by atoms with Gasteiger partial charge in [-0.25, -0.2) is 4.39 Å². The van der Waals surface area contributed by atoms with Gasteiger partial charge in [0.05, 0.1) is 10.6 Å². The van der Waals surface area contributed by atoms with Crippen LogP contribution in [0.2, 0.25) is 0 Å². The fourth-order valence-corrected chi connectivity index (χ4v) is 2.75. The zero-order chi connectivity index (χ0) is 18.4. The van der Waals surface area contributed by atoms with Crippen LogP contribution in [0.15, 0.2) is 62.8 Å². The number of hydrogen-bond acceptors (Lipinski definition) is 4. The molecule has 0 saturated carbocycles. The van der Waals surface area contributed by atoms with Gasteiger partial charge in [-0.3, -0.25) is 9.79 Å². The van der Waals surface area contributed by atoms with Crippen molar-refractivity contribution in [1.29, 1.82) is 0 Å². The van der Waals surface area contributed by atoms with E-state index in [0.29, 0.717) is 11.3 Å². The number of benzene rings is 2. The Hall–Kier alpha value is -3.07. The van der Waals surface area contributed by atoms with Crippen molar-refractivity contribution in [3.63, 3.8) is 0 Å². The minimum atomic E-state index is -3.95. The highest BCUT2D eigenvalue weighted by molar-refractivity contribution is 7.90. The fourth-order valence-electron chi connectivity index (χ4n) is 1.88. The van der Waals surface area contributed by atoms with E-state index in [1.807, 2.05) is 0 Å².